The number of nitrogens with one attached hydrogen (secondary N) is 1. The van der Waals surface area contributed by atoms with Gasteiger partial charge in [0, 0.05) is 20.2 Å². The normalized spacial score (nSPS) is 10.3. The Bertz CT molecular complexity index is 454. The molecule has 0 heterocycles. The zero-order chi connectivity index (χ0) is 15.0. The fourth-order valence-electron chi connectivity index (χ4n) is 1.57. The maximum Gasteiger partial charge on any atom is 0.255 e. The van der Waals surface area contributed by atoms with Gasteiger partial charge in [-0.1, -0.05) is 0 Å². The molecule has 0 saturated heterocycles. The van der Waals surface area contributed by atoms with Crippen molar-refractivity contribution < 1.29 is 19.0 Å². The van der Waals surface area contributed by atoms with Crippen LogP contribution in [-0.2, 0) is 16.1 Å². The molecule has 0 spiro atoms. The highest BCUT2D eigenvalue weighted by atomic mass is 79.9. The lowest BCUT2D eigenvalue weighted by Crippen LogP contribution is -2.20. The minimum Gasteiger partial charge on any atom is -0.493 e. The quantitative estimate of drug-likeness (QED) is 0.653. The van der Waals surface area contributed by atoms with Crippen LogP contribution in [0.15, 0.2) is 16.6 Å². The third kappa shape index (κ3) is 5.36. The number of halogens is 1. The van der Waals surface area contributed by atoms with Crippen LogP contribution in [0.5, 0.6) is 11.5 Å². The first-order chi connectivity index (χ1) is 9.58. The van der Waals surface area contributed by atoms with Gasteiger partial charge in [-0.3, -0.25) is 4.79 Å². The van der Waals surface area contributed by atoms with Gasteiger partial charge in [0.2, 0.25) is 0 Å². The van der Waals surface area contributed by atoms with Crippen molar-refractivity contribution in [1.29, 1.82) is 0 Å². The minimum atomic E-state index is -0.538. The molecule has 7 heteroatoms. The number of ether oxygens (including phenoxy) is 3. The Morgan fingerprint density at radius 1 is 1.40 bits per heavy atom. The molecule has 0 bridgehead atoms. The summed E-state index contributed by atoms with van der Waals surface area (Å²) in [6.07, 6.45) is 0. The molecule has 0 atom stereocenters. The van der Waals surface area contributed by atoms with Crippen molar-refractivity contribution in [2.75, 3.05) is 34.0 Å². The summed E-state index contributed by atoms with van der Waals surface area (Å²) >= 11 is 3.40. The van der Waals surface area contributed by atoms with E-state index in [1.807, 2.05) is 12.1 Å². The van der Waals surface area contributed by atoms with E-state index in [1.165, 1.54) is 0 Å². The van der Waals surface area contributed by atoms with E-state index in [9.17, 15) is 4.79 Å². The van der Waals surface area contributed by atoms with Crippen molar-refractivity contribution >= 4 is 21.8 Å². The molecule has 0 saturated carbocycles. The number of amides is 1. The van der Waals surface area contributed by atoms with Crippen LogP contribution in [0.1, 0.15) is 5.56 Å². The number of rotatable bonds is 9. The first kappa shape index (κ1) is 16.7. The largest absolute Gasteiger partial charge is 0.493 e. The standard InChI is InChI=1S/C13H19BrN2O4/c1-18-4-3-16-7-9-5-10(14)13(11(6-9)19-2)20-8-12(15)17/h5-6,16H,3-4,7-8H2,1-2H3,(H2,15,17). The minimum absolute atomic E-state index is 0.194. The second-order valence-corrected chi connectivity index (χ2v) is 4.89. The molecule has 3 N–H and O–H groups in total. The second-order valence-electron chi connectivity index (χ2n) is 4.03. The summed E-state index contributed by atoms with van der Waals surface area (Å²) < 4.78 is 16.3. The van der Waals surface area contributed by atoms with E-state index in [1.54, 1.807) is 14.2 Å². The van der Waals surface area contributed by atoms with Gasteiger partial charge in [0.1, 0.15) is 0 Å². The van der Waals surface area contributed by atoms with Crippen molar-refractivity contribution in [1.82, 2.24) is 5.32 Å². The number of carbonyl (C=O) groups excluding carboxylic acids is 1. The van der Waals surface area contributed by atoms with Gasteiger partial charge >= 0.3 is 0 Å². The zero-order valence-electron chi connectivity index (χ0n) is 11.6. The number of benzene rings is 1. The van der Waals surface area contributed by atoms with E-state index in [0.29, 0.717) is 29.1 Å². The monoisotopic (exact) mass is 346 g/mol. The van der Waals surface area contributed by atoms with Crippen LogP contribution in [0.4, 0.5) is 0 Å². The molecule has 0 radical (unpaired) electrons. The highest BCUT2D eigenvalue weighted by molar-refractivity contribution is 9.10. The van der Waals surface area contributed by atoms with E-state index in [0.717, 1.165) is 12.1 Å². The van der Waals surface area contributed by atoms with E-state index in [2.05, 4.69) is 21.2 Å². The van der Waals surface area contributed by atoms with Gasteiger partial charge in [-0.05, 0) is 33.6 Å². The van der Waals surface area contributed by atoms with Crippen molar-refractivity contribution in [3.05, 3.63) is 22.2 Å². The molecule has 0 aliphatic heterocycles. The third-order valence-corrected chi connectivity index (χ3v) is 3.05. The average Bonchev–Trinajstić information content (AvgIpc) is 2.41. The third-order valence-electron chi connectivity index (χ3n) is 2.46. The smallest absolute Gasteiger partial charge is 0.255 e. The molecule has 0 aromatic heterocycles. The van der Waals surface area contributed by atoms with Crippen LogP contribution in [-0.4, -0.2) is 39.9 Å². The van der Waals surface area contributed by atoms with Gasteiger partial charge in [-0.25, -0.2) is 0 Å². The van der Waals surface area contributed by atoms with Crippen molar-refractivity contribution in [2.24, 2.45) is 5.73 Å². The lowest BCUT2D eigenvalue weighted by molar-refractivity contribution is -0.119. The van der Waals surface area contributed by atoms with Crippen LogP contribution in [0.3, 0.4) is 0 Å². The Hall–Kier alpha value is -1.31. The van der Waals surface area contributed by atoms with Crippen LogP contribution in [0.25, 0.3) is 0 Å². The van der Waals surface area contributed by atoms with Gasteiger partial charge in [-0.2, -0.15) is 0 Å². The summed E-state index contributed by atoms with van der Waals surface area (Å²) in [6, 6.07) is 3.75. The lowest BCUT2D eigenvalue weighted by atomic mass is 10.2. The molecular formula is C13H19BrN2O4. The molecule has 0 aliphatic rings. The molecule has 6 nitrogen and oxygen atoms in total. The van der Waals surface area contributed by atoms with Crippen LogP contribution < -0.4 is 20.5 Å². The molecule has 1 aromatic carbocycles. The Morgan fingerprint density at radius 3 is 2.75 bits per heavy atom. The number of primary amides is 1. The zero-order valence-corrected chi connectivity index (χ0v) is 13.2. The maximum absolute atomic E-state index is 10.8. The topological polar surface area (TPSA) is 82.8 Å². The summed E-state index contributed by atoms with van der Waals surface area (Å²) in [6.45, 7) is 1.89. The lowest BCUT2D eigenvalue weighted by Gasteiger charge is -2.14. The second kappa shape index (κ2) is 8.78. The fourth-order valence-corrected chi connectivity index (χ4v) is 2.17. The average molecular weight is 347 g/mol. The van der Waals surface area contributed by atoms with Gasteiger partial charge in [-0.15, -0.1) is 0 Å². The number of nitrogens with two attached hydrogens (primary N) is 1. The number of hydrogen-bond donors (Lipinski definition) is 2. The first-order valence-corrected chi connectivity index (χ1v) is 6.85. The van der Waals surface area contributed by atoms with Gasteiger partial charge < -0.3 is 25.3 Å². The summed E-state index contributed by atoms with van der Waals surface area (Å²) in [5, 5.41) is 3.23. The van der Waals surface area contributed by atoms with E-state index >= 15 is 0 Å². The Labute approximate surface area is 126 Å². The van der Waals surface area contributed by atoms with Crippen molar-refractivity contribution in [3.63, 3.8) is 0 Å². The molecule has 112 valence electrons. The van der Waals surface area contributed by atoms with Gasteiger partial charge in [0.25, 0.3) is 5.91 Å². The highest BCUT2D eigenvalue weighted by Crippen LogP contribution is 2.36. The van der Waals surface area contributed by atoms with Crippen LogP contribution >= 0.6 is 15.9 Å². The Balaban J connectivity index is 2.75. The Kier molecular flexibility index (Phi) is 7.35. The van der Waals surface area contributed by atoms with Crippen molar-refractivity contribution in [2.45, 2.75) is 6.54 Å². The van der Waals surface area contributed by atoms with Crippen molar-refractivity contribution in [3.8, 4) is 11.5 Å². The molecule has 1 rings (SSSR count). The first-order valence-electron chi connectivity index (χ1n) is 6.05. The van der Waals surface area contributed by atoms with E-state index < -0.39 is 5.91 Å². The molecule has 1 aromatic rings. The van der Waals surface area contributed by atoms with Gasteiger partial charge in [0.15, 0.2) is 18.1 Å². The molecule has 20 heavy (non-hydrogen) atoms. The molecule has 0 fully saturated rings. The summed E-state index contributed by atoms with van der Waals surface area (Å²) in [7, 11) is 3.20. The summed E-state index contributed by atoms with van der Waals surface area (Å²) in [5.41, 5.74) is 6.09. The van der Waals surface area contributed by atoms with Crippen LogP contribution in [0.2, 0.25) is 0 Å². The number of methoxy groups -OCH3 is 2. The maximum atomic E-state index is 10.8. The molecular weight excluding hydrogens is 328 g/mol. The molecule has 0 aliphatic carbocycles. The highest BCUT2D eigenvalue weighted by Gasteiger charge is 2.12. The SMILES string of the molecule is COCCNCc1cc(Br)c(OCC(N)=O)c(OC)c1. The Morgan fingerprint density at radius 2 is 2.15 bits per heavy atom. The predicted molar refractivity (Wildman–Crippen MR) is 79.0 cm³/mol. The molecule has 0 unspecified atom stereocenters. The van der Waals surface area contributed by atoms with Crippen LogP contribution in [0, 0.1) is 0 Å². The predicted octanol–water partition coefficient (Wildman–Crippen LogP) is 1.06. The summed E-state index contributed by atoms with van der Waals surface area (Å²) in [5.74, 6) is 0.473. The van der Waals surface area contributed by atoms with Gasteiger partial charge in [0.05, 0.1) is 18.2 Å². The van der Waals surface area contributed by atoms with E-state index in [4.69, 9.17) is 19.9 Å². The fraction of sp³-hybridized carbons (Fsp3) is 0.462. The number of hydrogen-bond acceptors (Lipinski definition) is 5. The van der Waals surface area contributed by atoms with E-state index in [-0.39, 0.29) is 6.61 Å². The number of carbonyl (C=O) groups is 1. The molecule has 1 amide bonds. The summed E-state index contributed by atoms with van der Waals surface area (Å²) in [4.78, 5) is 10.8.